The van der Waals surface area contributed by atoms with E-state index in [4.69, 9.17) is 4.74 Å². The summed E-state index contributed by atoms with van der Waals surface area (Å²) in [5.74, 6) is -1.69. The van der Waals surface area contributed by atoms with Crippen LogP contribution in [0.25, 0.3) is 5.69 Å². The third kappa shape index (κ3) is 3.55. The van der Waals surface area contributed by atoms with Gasteiger partial charge >= 0.3 is 5.97 Å². The summed E-state index contributed by atoms with van der Waals surface area (Å²) in [6.07, 6.45) is 2.87. The van der Waals surface area contributed by atoms with Gasteiger partial charge in [-0.3, -0.25) is 4.79 Å². The lowest BCUT2D eigenvalue weighted by Gasteiger charge is -2.25. The Hall–Kier alpha value is -3.35. The van der Waals surface area contributed by atoms with Crippen molar-refractivity contribution in [2.45, 2.75) is 25.4 Å². The Bertz CT molecular complexity index is 1090. The number of rotatable bonds is 3. The number of hydrogen-bond donors (Lipinski definition) is 0. The quantitative estimate of drug-likeness (QED) is 0.648. The van der Waals surface area contributed by atoms with Crippen LogP contribution in [0.4, 0.5) is 8.78 Å². The van der Waals surface area contributed by atoms with E-state index in [0.717, 1.165) is 18.4 Å². The van der Waals surface area contributed by atoms with Crippen molar-refractivity contribution in [3.63, 3.8) is 0 Å². The third-order valence-corrected chi connectivity index (χ3v) is 4.71. The van der Waals surface area contributed by atoms with E-state index in [2.05, 4.69) is 5.10 Å². The van der Waals surface area contributed by atoms with Crippen LogP contribution in [0.5, 0.6) is 0 Å². The van der Waals surface area contributed by atoms with Gasteiger partial charge in [0.15, 0.2) is 0 Å². The number of halogens is 2. The number of hydrogen-bond acceptors (Lipinski definition) is 4. The first kappa shape index (κ1) is 18.0. The molecule has 4 rings (SSSR count). The first-order valence-electron chi connectivity index (χ1n) is 8.86. The van der Waals surface area contributed by atoms with Gasteiger partial charge in [0.25, 0.3) is 0 Å². The highest BCUT2D eigenvalue weighted by Crippen LogP contribution is 2.33. The van der Waals surface area contributed by atoms with Gasteiger partial charge in [-0.1, -0.05) is 6.07 Å². The molecule has 1 atom stereocenters. The van der Waals surface area contributed by atoms with Gasteiger partial charge in [-0.25, -0.2) is 18.3 Å². The minimum absolute atomic E-state index is 0.379. The second-order valence-electron chi connectivity index (χ2n) is 6.58. The summed E-state index contributed by atoms with van der Waals surface area (Å²) in [7, 11) is 0. The van der Waals surface area contributed by atoms with Crippen molar-refractivity contribution < 1.29 is 18.3 Å². The molecular weight excluding hydrogens is 366 g/mol. The molecule has 1 aliphatic rings. The minimum atomic E-state index is -0.872. The first-order chi connectivity index (χ1) is 13.5. The summed E-state index contributed by atoms with van der Waals surface area (Å²) in [4.78, 5) is 24.8. The highest BCUT2D eigenvalue weighted by Gasteiger charge is 2.26. The molecular formula is C21H16F2N2O3. The first-order valence-corrected chi connectivity index (χ1v) is 8.86. The molecule has 0 amide bonds. The molecule has 0 aliphatic heterocycles. The predicted octanol–water partition coefficient (Wildman–Crippen LogP) is 3.75. The summed E-state index contributed by atoms with van der Waals surface area (Å²) < 4.78 is 33.5. The summed E-state index contributed by atoms with van der Waals surface area (Å²) in [5.41, 5.74) is 1.07. The molecule has 1 aliphatic carbocycles. The molecule has 0 bridgehead atoms. The van der Waals surface area contributed by atoms with Gasteiger partial charge in [-0.2, -0.15) is 5.10 Å². The topological polar surface area (TPSA) is 61.2 Å². The molecule has 1 heterocycles. The van der Waals surface area contributed by atoms with Crippen molar-refractivity contribution in [1.29, 1.82) is 0 Å². The van der Waals surface area contributed by atoms with Crippen molar-refractivity contribution in [2.24, 2.45) is 0 Å². The second-order valence-corrected chi connectivity index (χ2v) is 6.58. The molecule has 2 aromatic carbocycles. The van der Waals surface area contributed by atoms with Crippen molar-refractivity contribution in [2.75, 3.05) is 0 Å². The number of nitrogens with zero attached hydrogens (tertiary/aromatic N) is 2. The van der Waals surface area contributed by atoms with E-state index in [9.17, 15) is 18.4 Å². The Kier molecular flexibility index (Phi) is 4.73. The molecule has 0 saturated carbocycles. The van der Waals surface area contributed by atoms with E-state index in [0.29, 0.717) is 17.7 Å². The fourth-order valence-corrected chi connectivity index (χ4v) is 3.32. The highest BCUT2D eigenvalue weighted by atomic mass is 19.1. The van der Waals surface area contributed by atoms with E-state index < -0.39 is 29.1 Å². The molecule has 5 nitrogen and oxygen atoms in total. The maximum atomic E-state index is 13.6. The molecule has 0 fully saturated rings. The van der Waals surface area contributed by atoms with Gasteiger partial charge in [0, 0.05) is 12.3 Å². The largest absolute Gasteiger partial charge is 0.453 e. The van der Waals surface area contributed by atoms with Gasteiger partial charge < -0.3 is 4.74 Å². The van der Waals surface area contributed by atoms with E-state index >= 15 is 0 Å². The number of aromatic nitrogens is 2. The molecule has 0 N–H and O–H groups in total. The Morgan fingerprint density at radius 1 is 1.07 bits per heavy atom. The van der Waals surface area contributed by atoms with Crippen LogP contribution in [0.3, 0.4) is 0 Å². The van der Waals surface area contributed by atoms with E-state index in [1.54, 1.807) is 6.07 Å². The van der Waals surface area contributed by atoms with Crippen molar-refractivity contribution in [1.82, 2.24) is 9.78 Å². The van der Waals surface area contributed by atoms with Crippen molar-refractivity contribution in [3.05, 3.63) is 93.4 Å². The zero-order valence-electron chi connectivity index (χ0n) is 14.8. The lowest BCUT2D eigenvalue weighted by molar-refractivity contribution is 0.0245. The highest BCUT2D eigenvalue weighted by molar-refractivity contribution is 5.87. The van der Waals surface area contributed by atoms with Crippen LogP contribution in [0.15, 0.2) is 59.5 Å². The Morgan fingerprint density at radius 3 is 2.61 bits per heavy atom. The number of carbonyl (C=O) groups excluding carboxylic acids is 1. The molecule has 0 unspecified atom stereocenters. The molecule has 0 saturated heterocycles. The molecule has 3 aromatic rings. The summed E-state index contributed by atoms with van der Waals surface area (Å²) in [6, 6.07) is 11.1. The van der Waals surface area contributed by atoms with Crippen molar-refractivity contribution >= 4 is 5.97 Å². The SMILES string of the molecule is O=C(O[C@H]1CCCc2ccc(F)cc21)c1nn(-c2ccc(F)cc2)ccc1=O. The Morgan fingerprint density at radius 2 is 1.82 bits per heavy atom. The van der Waals surface area contributed by atoms with Crippen LogP contribution in [0, 0.1) is 11.6 Å². The van der Waals surface area contributed by atoms with Gasteiger partial charge in [0.05, 0.1) is 5.69 Å². The van der Waals surface area contributed by atoms with Gasteiger partial charge in [0.2, 0.25) is 11.1 Å². The van der Waals surface area contributed by atoms with Crippen LogP contribution < -0.4 is 5.43 Å². The minimum Gasteiger partial charge on any atom is -0.453 e. The fourth-order valence-electron chi connectivity index (χ4n) is 3.32. The zero-order valence-corrected chi connectivity index (χ0v) is 14.8. The summed E-state index contributed by atoms with van der Waals surface area (Å²) in [6.45, 7) is 0. The number of ether oxygens (including phenoxy) is 1. The lowest BCUT2D eigenvalue weighted by atomic mass is 9.89. The maximum absolute atomic E-state index is 13.6. The zero-order chi connectivity index (χ0) is 19.7. The van der Waals surface area contributed by atoms with E-state index in [1.165, 1.54) is 53.3 Å². The third-order valence-electron chi connectivity index (χ3n) is 4.71. The van der Waals surface area contributed by atoms with E-state index in [1.807, 2.05) is 0 Å². The monoisotopic (exact) mass is 382 g/mol. The van der Waals surface area contributed by atoms with Crippen LogP contribution >= 0.6 is 0 Å². The summed E-state index contributed by atoms with van der Waals surface area (Å²) in [5, 5.41) is 4.04. The standard InChI is InChI=1S/C21H16F2N2O3/c22-14-6-8-16(9-7-14)25-11-10-18(26)20(24-25)21(27)28-19-3-1-2-13-4-5-15(23)12-17(13)19/h4-12,19H,1-3H2/t19-/m0/s1. The number of aryl methyl sites for hydroxylation is 1. The van der Waals surface area contributed by atoms with Crippen LogP contribution in [0.2, 0.25) is 0 Å². The molecule has 142 valence electrons. The van der Waals surface area contributed by atoms with Crippen molar-refractivity contribution in [3.8, 4) is 5.69 Å². The average Bonchev–Trinajstić information content (AvgIpc) is 2.69. The normalized spacial score (nSPS) is 15.7. The number of carbonyl (C=O) groups is 1. The second kappa shape index (κ2) is 7.34. The lowest BCUT2D eigenvalue weighted by Crippen LogP contribution is -2.25. The van der Waals surface area contributed by atoms with Gasteiger partial charge in [-0.05, 0) is 66.8 Å². The smallest absolute Gasteiger partial charge is 0.363 e. The average molecular weight is 382 g/mol. The van der Waals surface area contributed by atoms with Crippen LogP contribution in [-0.4, -0.2) is 15.7 Å². The number of benzene rings is 2. The van der Waals surface area contributed by atoms with Gasteiger partial charge in [-0.15, -0.1) is 0 Å². The van der Waals surface area contributed by atoms with Gasteiger partial charge in [0.1, 0.15) is 17.7 Å². The molecule has 7 heteroatoms. The Balaban J connectivity index is 1.63. The predicted molar refractivity (Wildman–Crippen MR) is 97.3 cm³/mol. The van der Waals surface area contributed by atoms with Crippen LogP contribution in [0.1, 0.15) is 40.6 Å². The maximum Gasteiger partial charge on any atom is 0.363 e. The molecule has 1 aromatic heterocycles. The molecule has 0 spiro atoms. The fraction of sp³-hybridized carbons (Fsp3) is 0.190. The Labute approximate surface area is 159 Å². The molecule has 0 radical (unpaired) electrons. The molecule has 28 heavy (non-hydrogen) atoms. The number of fused-ring (bicyclic) bond motifs is 1. The van der Waals surface area contributed by atoms with Crippen LogP contribution in [-0.2, 0) is 11.2 Å². The van der Waals surface area contributed by atoms with E-state index in [-0.39, 0.29) is 5.69 Å². The number of esters is 1. The summed E-state index contributed by atoms with van der Waals surface area (Å²) >= 11 is 0.